The summed E-state index contributed by atoms with van der Waals surface area (Å²) in [4.78, 5) is 17.4. The number of carbonyl (C=O) groups excluding carboxylic acids is 1. The quantitative estimate of drug-likeness (QED) is 0.460. The van der Waals surface area contributed by atoms with Crippen molar-refractivity contribution in [2.45, 2.75) is 38.8 Å². The largest absolute Gasteiger partial charge is 0.305 e. The second kappa shape index (κ2) is 10.2. The van der Waals surface area contributed by atoms with Crippen LogP contribution in [-0.2, 0) is 13.0 Å². The molecule has 1 aliphatic rings. The van der Waals surface area contributed by atoms with E-state index in [4.69, 9.17) is 0 Å². The van der Waals surface area contributed by atoms with Gasteiger partial charge in [-0.1, -0.05) is 25.1 Å². The van der Waals surface area contributed by atoms with Gasteiger partial charge >= 0.3 is 0 Å². The van der Waals surface area contributed by atoms with Crippen molar-refractivity contribution in [3.05, 3.63) is 101 Å². The standard InChI is InChI=1S/C27H27F3N2O/c1-2-19-3-11-24(12-4-19)32(27(33)20-5-8-22(28)9-6-20)25-13-15-31(16-14-25)18-21-7-10-23(29)17-26(21)30/h3-12,17,25H,2,13-16,18H2,1H3. The second-order valence-electron chi connectivity index (χ2n) is 8.45. The summed E-state index contributed by atoms with van der Waals surface area (Å²) < 4.78 is 40.7. The number of carbonyl (C=O) groups is 1. The van der Waals surface area contributed by atoms with Gasteiger partial charge in [0.2, 0.25) is 0 Å². The number of hydrogen-bond acceptors (Lipinski definition) is 2. The third-order valence-corrected chi connectivity index (χ3v) is 6.26. The van der Waals surface area contributed by atoms with Gasteiger partial charge in [-0.25, -0.2) is 13.2 Å². The number of piperidine rings is 1. The summed E-state index contributed by atoms with van der Waals surface area (Å²) in [6, 6.07) is 17.2. The molecule has 0 radical (unpaired) electrons. The van der Waals surface area contributed by atoms with Gasteiger partial charge in [0, 0.05) is 48.6 Å². The smallest absolute Gasteiger partial charge is 0.258 e. The molecule has 1 saturated heterocycles. The third-order valence-electron chi connectivity index (χ3n) is 6.26. The van der Waals surface area contributed by atoms with Crippen LogP contribution in [0.15, 0.2) is 66.7 Å². The first-order chi connectivity index (χ1) is 15.9. The maximum atomic E-state index is 14.1. The molecule has 6 heteroatoms. The predicted octanol–water partition coefficient (Wildman–Crippen LogP) is 5.98. The molecule has 172 valence electrons. The van der Waals surface area contributed by atoms with Crippen LogP contribution in [0.4, 0.5) is 18.9 Å². The number of benzene rings is 3. The van der Waals surface area contributed by atoms with Crippen LogP contribution < -0.4 is 4.90 Å². The molecule has 3 aromatic carbocycles. The van der Waals surface area contributed by atoms with E-state index in [-0.39, 0.29) is 17.8 Å². The average molecular weight is 453 g/mol. The molecular formula is C27H27F3N2O. The molecule has 3 aromatic rings. The van der Waals surface area contributed by atoms with E-state index in [0.717, 1.165) is 18.2 Å². The van der Waals surface area contributed by atoms with Gasteiger partial charge in [0.05, 0.1) is 0 Å². The van der Waals surface area contributed by atoms with E-state index in [1.807, 2.05) is 29.2 Å². The number of anilines is 1. The SMILES string of the molecule is CCc1ccc(N(C(=O)c2ccc(F)cc2)C2CCN(Cc3ccc(F)cc3F)CC2)cc1. The molecule has 0 bridgehead atoms. The van der Waals surface area contributed by atoms with E-state index in [1.54, 1.807) is 0 Å². The Morgan fingerprint density at radius 2 is 1.55 bits per heavy atom. The highest BCUT2D eigenvalue weighted by Gasteiger charge is 2.30. The highest BCUT2D eigenvalue weighted by molar-refractivity contribution is 6.06. The van der Waals surface area contributed by atoms with E-state index in [1.165, 1.54) is 42.0 Å². The number of nitrogens with zero attached hydrogens (tertiary/aromatic N) is 2. The Balaban J connectivity index is 1.52. The Hall–Kier alpha value is -3.12. The summed E-state index contributed by atoms with van der Waals surface area (Å²) in [6.07, 6.45) is 2.33. The highest BCUT2D eigenvalue weighted by Crippen LogP contribution is 2.27. The molecule has 3 nitrogen and oxygen atoms in total. The second-order valence-corrected chi connectivity index (χ2v) is 8.45. The minimum Gasteiger partial charge on any atom is -0.305 e. The van der Waals surface area contributed by atoms with Gasteiger partial charge in [-0.15, -0.1) is 0 Å². The fourth-order valence-electron chi connectivity index (χ4n) is 4.34. The molecule has 0 aliphatic carbocycles. The Morgan fingerprint density at radius 1 is 0.909 bits per heavy atom. The van der Waals surface area contributed by atoms with E-state index >= 15 is 0 Å². The molecule has 0 unspecified atom stereocenters. The first kappa shape index (κ1) is 23.1. The lowest BCUT2D eigenvalue weighted by Crippen LogP contribution is -2.47. The fourth-order valence-corrected chi connectivity index (χ4v) is 4.34. The number of halogens is 3. The summed E-state index contributed by atoms with van der Waals surface area (Å²) in [5.74, 6) is -1.67. The molecule has 1 fully saturated rings. The van der Waals surface area contributed by atoms with Crippen molar-refractivity contribution < 1.29 is 18.0 Å². The first-order valence-corrected chi connectivity index (χ1v) is 11.3. The van der Waals surface area contributed by atoms with Gasteiger partial charge in [-0.2, -0.15) is 0 Å². The monoisotopic (exact) mass is 452 g/mol. The maximum absolute atomic E-state index is 14.1. The molecule has 0 spiro atoms. The Morgan fingerprint density at radius 3 is 2.15 bits per heavy atom. The Kier molecular flexibility index (Phi) is 7.14. The molecule has 0 N–H and O–H groups in total. The van der Waals surface area contributed by atoms with Crippen molar-refractivity contribution in [1.82, 2.24) is 4.90 Å². The van der Waals surface area contributed by atoms with Gasteiger partial charge in [-0.05, 0) is 67.3 Å². The van der Waals surface area contributed by atoms with Gasteiger partial charge in [-0.3, -0.25) is 9.69 Å². The van der Waals surface area contributed by atoms with Gasteiger partial charge in [0.25, 0.3) is 5.91 Å². The molecular weight excluding hydrogens is 425 g/mol. The maximum Gasteiger partial charge on any atom is 0.258 e. The van der Waals surface area contributed by atoms with Crippen LogP contribution >= 0.6 is 0 Å². The topological polar surface area (TPSA) is 23.6 Å². The van der Waals surface area contributed by atoms with Gasteiger partial charge < -0.3 is 4.90 Å². The van der Waals surface area contributed by atoms with Crippen LogP contribution in [-0.4, -0.2) is 29.9 Å². The average Bonchev–Trinajstić information content (AvgIpc) is 2.83. The predicted molar refractivity (Wildman–Crippen MR) is 124 cm³/mol. The van der Waals surface area contributed by atoms with Crippen molar-refractivity contribution in [2.75, 3.05) is 18.0 Å². The first-order valence-electron chi connectivity index (χ1n) is 11.3. The summed E-state index contributed by atoms with van der Waals surface area (Å²) >= 11 is 0. The third kappa shape index (κ3) is 5.45. The number of amides is 1. The molecule has 4 rings (SSSR count). The number of hydrogen-bond donors (Lipinski definition) is 0. The lowest BCUT2D eigenvalue weighted by atomic mass is 9.99. The highest BCUT2D eigenvalue weighted by atomic mass is 19.1. The Labute approximate surface area is 192 Å². The summed E-state index contributed by atoms with van der Waals surface area (Å²) in [5, 5.41) is 0. The lowest BCUT2D eigenvalue weighted by Gasteiger charge is -2.38. The lowest BCUT2D eigenvalue weighted by molar-refractivity contribution is 0.0958. The number of aryl methyl sites for hydroxylation is 1. The zero-order valence-electron chi connectivity index (χ0n) is 18.6. The van der Waals surface area contributed by atoms with Crippen molar-refractivity contribution in [1.29, 1.82) is 0 Å². The van der Waals surface area contributed by atoms with Crippen molar-refractivity contribution >= 4 is 11.6 Å². The molecule has 1 amide bonds. The summed E-state index contributed by atoms with van der Waals surface area (Å²) in [7, 11) is 0. The summed E-state index contributed by atoms with van der Waals surface area (Å²) in [5.41, 5.74) is 2.89. The van der Waals surface area contributed by atoms with E-state index in [9.17, 15) is 18.0 Å². The van der Waals surface area contributed by atoms with Crippen molar-refractivity contribution in [3.8, 4) is 0 Å². The van der Waals surface area contributed by atoms with E-state index in [0.29, 0.717) is 43.6 Å². The van der Waals surface area contributed by atoms with Crippen LogP contribution in [0, 0.1) is 17.5 Å². The molecule has 33 heavy (non-hydrogen) atoms. The van der Waals surface area contributed by atoms with Crippen LogP contribution in [0.5, 0.6) is 0 Å². The molecule has 1 aliphatic heterocycles. The minimum absolute atomic E-state index is 0.0376. The molecule has 0 aromatic heterocycles. The van der Waals surface area contributed by atoms with E-state index in [2.05, 4.69) is 11.8 Å². The van der Waals surface area contributed by atoms with Crippen molar-refractivity contribution in [2.24, 2.45) is 0 Å². The van der Waals surface area contributed by atoms with Crippen LogP contribution in [0.1, 0.15) is 41.3 Å². The summed E-state index contributed by atoms with van der Waals surface area (Å²) in [6.45, 7) is 3.84. The van der Waals surface area contributed by atoms with Gasteiger partial charge in [0.15, 0.2) is 0 Å². The minimum atomic E-state index is -0.584. The molecule has 1 heterocycles. The van der Waals surface area contributed by atoms with E-state index < -0.39 is 11.6 Å². The number of likely N-dealkylation sites (tertiary alicyclic amines) is 1. The van der Waals surface area contributed by atoms with Crippen LogP contribution in [0.25, 0.3) is 0 Å². The normalized spacial score (nSPS) is 14.9. The van der Waals surface area contributed by atoms with Crippen LogP contribution in [0.3, 0.4) is 0 Å². The van der Waals surface area contributed by atoms with Gasteiger partial charge in [0.1, 0.15) is 17.5 Å². The molecule has 0 atom stereocenters. The van der Waals surface area contributed by atoms with Crippen molar-refractivity contribution in [3.63, 3.8) is 0 Å². The van der Waals surface area contributed by atoms with Crippen LogP contribution in [0.2, 0.25) is 0 Å². The zero-order valence-corrected chi connectivity index (χ0v) is 18.6. The number of rotatable bonds is 6. The zero-order chi connectivity index (χ0) is 23.4. The molecule has 0 saturated carbocycles. The Bertz CT molecular complexity index is 1090. The fraction of sp³-hybridized carbons (Fsp3) is 0.296.